The zero-order chi connectivity index (χ0) is 14.8. The normalized spacial score (nSPS) is 12.5. The molecule has 3 rings (SSSR count). The van der Waals surface area contributed by atoms with E-state index in [0.29, 0.717) is 28.2 Å². The molecular formula is C13H11BrFN5O. The van der Waals surface area contributed by atoms with Gasteiger partial charge in [-0.3, -0.25) is 0 Å². The lowest BCUT2D eigenvalue weighted by Gasteiger charge is -2.03. The second kappa shape index (κ2) is 5.74. The molecule has 108 valence electrons. The maximum atomic E-state index is 13.2. The first kappa shape index (κ1) is 13.9. The van der Waals surface area contributed by atoms with Gasteiger partial charge in [-0.2, -0.15) is 4.98 Å². The minimum Gasteiger partial charge on any atom is -0.348 e. The quantitative estimate of drug-likeness (QED) is 0.753. The fourth-order valence-corrected chi connectivity index (χ4v) is 2.24. The van der Waals surface area contributed by atoms with Crippen molar-refractivity contribution in [3.8, 4) is 11.4 Å². The largest absolute Gasteiger partial charge is 0.348 e. The van der Waals surface area contributed by atoms with Gasteiger partial charge in [-0.05, 0) is 34.1 Å². The van der Waals surface area contributed by atoms with Crippen LogP contribution in [0.4, 0.5) is 4.39 Å². The predicted molar refractivity (Wildman–Crippen MR) is 76.6 cm³/mol. The van der Waals surface area contributed by atoms with Crippen LogP contribution >= 0.6 is 15.9 Å². The Bertz CT molecular complexity index is 743. The molecule has 3 aromatic rings. The number of rotatable bonds is 4. The highest BCUT2D eigenvalue weighted by Gasteiger charge is 2.17. The van der Waals surface area contributed by atoms with Crippen molar-refractivity contribution in [2.24, 2.45) is 5.73 Å². The molecule has 1 unspecified atom stereocenters. The maximum Gasteiger partial charge on any atom is 0.244 e. The first-order chi connectivity index (χ1) is 10.1. The van der Waals surface area contributed by atoms with Gasteiger partial charge in [0.05, 0.1) is 16.8 Å². The summed E-state index contributed by atoms with van der Waals surface area (Å²) >= 11 is 3.12. The monoisotopic (exact) mass is 351 g/mol. The Morgan fingerprint density at radius 3 is 3.00 bits per heavy atom. The first-order valence-corrected chi connectivity index (χ1v) is 6.94. The van der Waals surface area contributed by atoms with Crippen molar-refractivity contribution < 1.29 is 8.91 Å². The molecule has 0 aliphatic heterocycles. The van der Waals surface area contributed by atoms with Crippen LogP contribution in [0.25, 0.3) is 11.4 Å². The van der Waals surface area contributed by atoms with Crippen LogP contribution in [0.15, 0.2) is 39.7 Å². The third-order valence-electron chi connectivity index (χ3n) is 2.93. The van der Waals surface area contributed by atoms with Crippen molar-refractivity contribution in [1.82, 2.24) is 20.1 Å². The van der Waals surface area contributed by atoms with Gasteiger partial charge in [0.2, 0.25) is 11.7 Å². The van der Waals surface area contributed by atoms with E-state index in [1.165, 1.54) is 6.07 Å². The van der Waals surface area contributed by atoms with E-state index in [9.17, 15) is 4.39 Å². The van der Waals surface area contributed by atoms with Crippen LogP contribution in [0.3, 0.4) is 0 Å². The Kier molecular flexibility index (Phi) is 3.80. The lowest BCUT2D eigenvalue weighted by Crippen LogP contribution is -2.13. The highest BCUT2D eigenvalue weighted by atomic mass is 79.9. The molecule has 0 bridgehead atoms. The van der Waals surface area contributed by atoms with E-state index in [4.69, 9.17) is 10.3 Å². The molecule has 3 N–H and O–H groups in total. The van der Waals surface area contributed by atoms with Crippen LogP contribution < -0.4 is 5.73 Å². The molecule has 0 aliphatic carbocycles. The number of aromatic amines is 1. The minimum absolute atomic E-state index is 0.319. The van der Waals surface area contributed by atoms with Gasteiger partial charge in [-0.25, -0.2) is 9.37 Å². The lowest BCUT2D eigenvalue weighted by atomic mass is 10.2. The highest BCUT2D eigenvalue weighted by molar-refractivity contribution is 9.10. The van der Waals surface area contributed by atoms with Crippen molar-refractivity contribution in [3.05, 3.63) is 52.6 Å². The van der Waals surface area contributed by atoms with Crippen molar-refractivity contribution in [1.29, 1.82) is 0 Å². The Hall–Kier alpha value is -2.06. The number of nitrogens with one attached hydrogen (secondary N) is 1. The molecule has 2 heterocycles. The summed E-state index contributed by atoms with van der Waals surface area (Å²) in [5.74, 6) is 0.337. The fraction of sp³-hybridized carbons (Fsp3) is 0.154. The Morgan fingerprint density at radius 1 is 1.43 bits per heavy atom. The number of nitrogens with two attached hydrogens (primary N) is 1. The molecule has 0 spiro atoms. The van der Waals surface area contributed by atoms with E-state index in [0.717, 1.165) is 5.69 Å². The Morgan fingerprint density at radius 2 is 2.29 bits per heavy atom. The molecule has 8 heteroatoms. The van der Waals surface area contributed by atoms with Gasteiger partial charge in [0.25, 0.3) is 0 Å². The first-order valence-electron chi connectivity index (χ1n) is 6.15. The Balaban J connectivity index is 1.80. The third-order valence-corrected chi connectivity index (χ3v) is 3.54. The number of H-pyrrole nitrogens is 1. The van der Waals surface area contributed by atoms with E-state index in [1.54, 1.807) is 24.7 Å². The number of aromatic nitrogens is 4. The third kappa shape index (κ3) is 3.01. The second-order valence-corrected chi connectivity index (χ2v) is 5.33. The van der Waals surface area contributed by atoms with Crippen molar-refractivity contribution in [2.75, 3.05) is 0 Å². The zero-order valence-electron chi connectivity index (χ0n) is 10.8. The van der Waals surface area contributed by atoms with Gasteiger partial charge >= 0.3 is 0 Å². The summed E-state index contributed by atoms with van der Waals surface area (Å²) in [6.07, 6.45) is 3.78. The molecule has 0 aliphatic rings. The number of imidazole rings is 1. The van der Waals surface area contributed by atoms with Crippen LogP contribution in [0.2, 0.25) is 0 Å². The smallest absolute Gasteiger partial charge is 0.244 e. The molecule has 0 fully saturated rings. The molecule has 0 saturated heterocycles. The lowest BCUT2D eigenvalue weighted by molar-refractivity contribution is 0.354. The minimum atomic E-state index is -0.435. The highest BCUT2D eigenvalue weighted by Crippen LogP contribution is 2.24. The van der Waals surface area contributed by atoms with E-state index in [-0.39, 0.29) is 5.82 Å². The van der Waals surface area contributed by atoms with Crippen LogP contribution in [-0.4, -0.2) is 20.1 Å². The molecule has 1 aromatic carbocycles. The summed E-state index contributed by atoms with van der Waals surface area (Å²) in [5.41, 5.74) is 7.55. The number of halogens is 2. The van der Waals surface area contributed by atoms with Crippen LogP contribution in [0, 0.1) is 5.82 Å². The molecule has 2 aromatic heterocycles. The molecule has 0 saturated carbocycles. The average Bonchev–Trinajstić information content (AvgIpc) is 3.12. The standard InChI is InChI=1S/C13H11BrFN5O/c14-9-3-7(1-2-10(9)15)12-19-13(21-20-12)11(16)4-8-5-17-6-18-8/h1-3,5-6,11H,4,16H2,(H,17,18). The van der Waals surface area contributed by atoms with E-state index in [1.807, 2.05) is 0 Å². The van der Waals surface area contributed by atoms with E-state index >= 15 is 0 Å². The zero-order valence-corrected chi connectivity index (χ0v) is 12.3. The molecule has 0 amide bonds. The van der Waals surface area contributed by atoms with Gasteiger partial charge in [-0.15, -0.1) is 0 Å². The summed E-state index contributed by atoms with van der Waals surface area (Å²) in [4.78, 5) is 11.1. The van der Waals surface area contributed by atoms with Crippen LogP contribution in [0.5, 0.6) is 0 Å². The molecule has 1 atom stereocenters. The second-order valence-electron chi connectivity index (χ2n) is 4.47. The summed E-state index contributed by atoms with van der Waals surface area (Å²) in [5, 5.41) is 3.87. The van der Waals surface area contributed by atoms with Gasteiger partial charge < -0.3 is 15.2 Å². The molecule has 21 heavy (non-hydrogen) atoms. The van der Waals surface area contributed by atoms with E-state index in [2.05, 4.69) is 36.0 Å². The number of benzene rings is 1. The van der Waals surface area contributed by atoms with Crippen molar-refractivity contribution in [2.45, 2.75) is 12.5 Å². The van der Waals surface area contributed by atoms with Gasteiger partial charge in [-0.1, -0.05) is 5.16 Å². The molecule has 6 nitrogen and oxygen atoms in total. The number of hydrogen-bond donors (Lipinski definition) is 2. The van der Waals surface area contributed by atoms with Crippen molar-refractivity contribution in [3.63, 3.8) is 0 Å². The van der Waals surface area contributed by atoms with E-state index < -0.39 is 6.04 Å². The summed E-state index contributed by atoms with van der Waals surface area (Å²) in [7, 11) is 0. The molecular weight excluding hydrogens is 341 g/mol. The van der Waals surface area contributed by atoms with Gasteiger partial charge in [0.15, 0.2) is 0 Å². The SMILES string of the molecule is NC(Cc1cnc[nH]1)c1nc(-c2ccc(F)c(Br)c2)no1. The summed E-state index contributed by atoms with van der Waals surface area (Å²) < 4.78 is 18.7. The van der Waals surface area contributed by atoms with Gasteiger partial charge in [0, 0.05) is 23.9 Å². The fourth-order valence-electron chi connectivity index (χ4n) is 1.86. The Labute approximate surface area is 127 Å². The summed E-state index contributed by atoms with van der Waals surface area (Å²) in [6, 6.07) is 4.06. The van der Waals surface area contributed by atoms with Crippen molar-refractivity contribution >= 4 is 15.9 Å². The van der Waals surface area contributed by atoms with Crippen LogP contribution in [-0.2, 0) is 6.42 Å². The topological polar surface area (TPSA) is 93.6 Å². The maximum absolute atomic E-state index is 13.2. The molecule has 0 radical (unpaired) electrons. The number of nitrogens with zero attached hydrogens (tertiary/aromatic N) is 3. The van der Waals surface area contributed by atoms with Crippen LogP contribution in [0.1, 0.15) is 17.6 Å². The number of hydrogen-bond acceptors (Lipinski definition) is 5. The van der Waals surface area contributed by atoms with Gasteiger partial charge in [0.1, 0.15) is 5.82 Å². The summed E-state index contributed by atoms with van der Waals surface area (Å²) in [6.45, 7) is 0. The average molecular weight is 352 g/mol. The predicted octanol–water partition coefficient (Wildman–Crippen LogP) is 2.60.